The van der Waals surface area contributed by atoms with Crippen LogP contribution in [0.4, 0.5) is 11.4 Å². The van der Waals surface area contributed by atoms with Gasteiger partial charge in [-0.15, -0.1) is 0 Å². The van der Waals surface area contributed by atoms with Crippen molar-refractivity contribution in [2.45, 2.75) is 32.6 Å². The third-order valence-electron chi connectivity index (χ3n) is 5.17. The molecule has 0 bridgehead atoms. The molecular weight excluding hydrogens is 368 g/mol. The molecule has 0 spiro atoms. The highest BCUT2D eigenvalue weighted by Gasteiger charge is 2.15. The van der Waals surface area contributed by atoms with Crippen molar-refractivity contribution >= 4 is 29.3 Å². The molecule has 29 heavy (non-hydrogen) atoms. The average Bonchev–Trinajstić information content (AvgIpc) is 3.19. The average molecular weight is 396 g/mol. The molecule has 6 heteroatoms. The first-order valence-corrected chi connectivity index (χ1v) is 10.0. The van der Waals surface area contributed by atoms with Gasteiger partial charge < -0.3 is 19.4 Å². The number of piperidine rings is 1. The lowest BCUT2D eigenvalue weighted by Gasteiger charge is -2.32. The number of carbonyl (C=O) groups excluding carboxylic acids is 2. The van der Waals surface area contributed by atoms with E-state index in [1.54, 1.807) is 18.2 Å². The Kier molecular flexibility index (Phi) is 7.11. The maximum absolute atomic E-state index is 12.2. The minimum atomic E-state index is -0.279. The van der Waals surface area contributed by atoms with Gasteiger partial charge in [0.05, 0.1) is 13.5 Å². The van der Waals surface area contributed by atoms with E-state index in [9.17, 15) is 9.59 Å². The molecule has 0 saturated carbocycles. The number of ether oxygens (including phenoxy) is 1. The number of hydrogen-bond donors (Lipinski definition) is 1. The van der Waals surface area contributed by atoms with Gasteiger partial charge in [-0.25, -0.2) is 0 Å². The van der Waals surface area contributed by atoms with Crippen LogP contribution in [0.2, 0.25) is 0 Å². The van der Waals surface area contributed by atoms with Crippen molar-refractivity contribution in [2.75, 3.05) is 30.4 Å². The molecule has 1 N–H and O–H groups in total. The number of aryl methyl sites for hydroxylation is 1. The van der Waals surface area contributed by atoms with Crippen LogP contribution in [-0.4, -0.2) is 32.1 Å². The zero-order valence-corrected chi connectivity index (χ0v) is 17.0. The highest BCUT2D eigenvalue weighted by molar-refractivity contribution is 6.01. The van der Waals surface area contributed by atoms with E-state index in [1.165, 1.54) is 31.7 Å². The maximum Gasteiger partial charge on any atom is 0.305 e. The first kappa shape index (κ1) is 20.7. The second-order valence-electron chi connectivity index (χ2n) is 7.42. The summed E-state index contributed by atoms with van der Waals surface area (Å²) in [6, 6.07) is 11.5. The zero-order chi connectivity index (χ0) is 20.6. The standard InChI is InChI=1S/C23H28N2O4/c1-17-13-15-25(16-14-17)19-5-3-18(4-6-19)24-22(26)11-9-20-7-8-21(29-20)10-12-23(27)28-2/h3-9,11,17H,10,12-16H2,1-2H3,(H,24,26)/b11-9+. The highest BCUT2D eigenvalue weighted by Crippen LogP contribution is 2.24. The largest absolute Gasteiger partial charge is 0.469 e. The molecule has 1 saturated heterocycles. The Morgan fingerprint density at radius 2 is 1.90 bits per heavy atom. The van der Waals surface area contributed by atoms with Crippen molar-refractivity contribution in [3.8, 4) is 0 Å². The van der Waals surface area contributed by atoms with Gasteiger partial charge in [0.15, 0.2) is 0 Å². The number of nitrogens with zero attached hydrogens (tertiary/aromatic N) is 1. The first-order chi connectivity index (χ1) is 14.0. The molecule has 6 nitrogen and oxygen atoms in total. The summed E-state index contributed by atoms with van der Waals surface area (Å²) >= 11 is 0. The molecule has 1 aliphatic heterocycles. The van der Waals surface area contributed by atoms with Gasteiger partial charge in [0, 0.05) is 37.0 Å². The Bertz CT molecular complexity index is 846. The number of hydrogen-bond acceptors (Lipinski definition) is 5. The molecule has 1 aliphatic rings. The Balaban J connectivity index is 1.49. The van der Waals surface area contributed by atoms with E-state index in [2.05, 4.69) is 34.0 Å². The Labute approximate surface area is 171 Å². The number of methoxy groups -OCH3 is 1. The van der Waals surface area contributed by atoms with Crippen molar-refractivity contribution < 1.29 is 18.7 Å². The molecule has 1 aromatic heterocycles. The molecule has 0 radical (unpaired) electrons. The Morgan fingerprint density at radius 3 is 2.59 bits per heavy atom. The normalized spacial score (nSPS) is 14.9. The van der Waals surface area contributed by atoms with Crippen molar-refractivity contribution in [1.29, 1.82) is 0 Å². The Hall–Kier alpha value is -3.02. The van der Waals surface area contributed by atoms with Crippen LogP contribution in [-0.2, 0) is 20.7 Å². The van der Waals surface area contributed by atoms with E-state index in [4.69, 9.17) is 4.42 Å². The molecule has 2 heterocycles. The molecule has 154 valence electrons. The molecule has 3 rings (SSSR count). The fraction of sp³-hybridized carbons (Fsp3) is 0.391. The highest BCUT2D eigenvalue weighted by atomic mass is 16.5. The van der Waals surface area contributed by atoms with Gasteiger partial charge in [-0.05, 0) is 61.2 Å². The summed E-state index contributed by atoms with van der Waals surface area (Å²) < 4.78 is 10.2. The number of esters is 1. The van der Waals surface area contributed by atoms with E-state index in [0.29, 0.717) is 17.9 Å². The maximum atomic E-state index is 12.2. The SMILES string of the molecule is COC(=O)CCc1ccc(/C=C/C(=O)Nc2ccc(N3CCC(C)CC3)cc2)o1. The summed E-state index contributed by atoms with van der Waals surface area (Å²) in [6.07, 6.45) is 6.22. The summed E-state index contributed by atoms with van der Waals surface area (Å²) in [5, 5.41) is 2.86. The molecular formula is C23H28N2O4. The van der Waals surface area contributed by atoms with Gasteiger partial charge in [-0.2, -0.15) is 0 Å². The number of furan rings is 1. The van der Waals surface area contributed by atoms with Gasteiger partial charge in [0.1, 0.15) is 11.5 Å². The lowest BCUT2D eigenvalue weighted by molar-refractivity contribution is -0.140. The molecule has 1 amide bonds. The van der Waals surface area contributed by atoms with E-state index < -0.39 is 0 Å². The lowest BCUT2D eigenvalue weighted by Crippen LogP contribution is -2.32. The summed E-state index contributed by atoms with van der Waals surface area (Å²) in [5.41, 5.74) is 1.95. The predicted molar refractivity (Wildman–Crippen MR) is 114 cm³/mol. The number of benzene rings is 1. The summed E-state index contributed by atoms with van der Waals surface area (Å²) in [7, 11) is 1.36. The minimum Gasteiger partial charge on any atom is -0.469 e. The van der Waals surface area contributed by atoms with Crippen LogP contribution in [0.5, 0.6) is 0 Å². The number of carbonyl (C=O) groups is 2. The van der Waals surface area contributed by atoms with Crippen molar-refractivity contribution in [3.63, 3.8) is 0 Å². The lowest BCUT2D eigenvalue weighted by atomic mass is 9.99. The quantitative estimate of drug-likeness (QED) is 0.559. The third-order valence-corrected chi connectivity index (χ3v) is 5.17. The second kappa shape index (κ2) is 9.96. The predicted octanol–water partition coefficient (Wildman–Crippen LogP) is 4.27. The molecule has 0 unspecified atom stereocenters. The first-order valence-electron chi connectivity index (χ1n) is 10.0. The number of nitrogens with one attached hydrogen (secondary N) is 1. The summed E-state index contributed by atoms with van der Waals surface area (Å²) in [5.74, 6) is 1.54. The van der Waals surface area contributed by atoms with Gasteiger partial charge >= 0.3 is 5.97 Å². The van der Waals surface area contributed by atoms with E-state index >= 15 is 0 Å². The Morgan fingerprint density at radius 1 is 1.17 bits per heavy atom. The zero-order valence-electron chi connectivity index (χ0n) is 17.0. The van der Waals surface area contributed by atoms with Crippen LogP contribution in [0, 0.1) is 5.92 Å². The van der Waals surface area contributed by atoms with Crippen LogP contribution < -0.4 is 10.2 Å². The monoisotopic (exact) mass is 396 g/mol. The summed E-state index contributed by atoms with van der Waals surface area (Å²) in [4.78, 5) is 25.7. The van der Waals surface area contributed by atoms with Gasteiger partial charge in [-0.3, -0.25) is 9.59 Å². The van der Waals surface area contributed by atoms with Gasteiger partial charge in [-0.1, -0.05) is 6.92 Å². The van der Waals surface area contributed by atoms with E-state index in [1.807, 2.05) is 12.1 Å². The number of rotatable bonds is 7. The fourth-order valence-corrected chi connectivity index (χ4v) is 3.31. The second-order valence-corrected chi connectivity index (χ2v) is 7.42. The van der Waals surface area contributed by atoms with Gasteiger partial charge in [0.25, 0.3) is 0 Å². The minimum absolute atomic E-state index is 0.225. The third kappa shape index (κ3) is 6.24. The van der Waals surface area contributed by atoms with Crippen molar-refractivity contribution in [1.82, 2.24) is 0 Å². The van der Waals surface area contributed by atoms with Crippen LogP contribution in [0.25, 0.3) is 6.08 Å². The van der Waals surface area contributed by atoms with Crippen LogP contribution >= 0.6 is 0 Å². The van der Waals surface area contributed by atoms with Gasteiger partial charge in [0.2, 0.25) is 5.91 Å². The molecule has 0 atom stereocenters. The van der Waals surface area contributed by atoms with Crippen molar-refractivity contribution in [2.24, 2.45) is 5.92 Å². The van der Waals surface area contributed by atoms with E-state index in [-0.39, 0.29) is 18.3 Å². The number of anilines is 2. The molecule has 1 fully saturated rings. The van der Waals surface area contributed by atoms with Crippen LogP contribution in [0.1, 0.15) is 37.7 Å². The molecule has 2 aromatic rings. The fourth-order valence-electron chi connectivity index (χ4n) is 3.31. The molecule has 1 aromatic carbocycles. The molecule has 0 aliphatic carbocycles. The topological polar surface area (TPSA) is 71.8 Å². The van der Waals surface area contributed by atoms with Crippen LogP contribution in [0.3, 0.4) is 0 Å². The smallest absolute Gasteiger partial charge is 0.305 e. The van der Waals surface area contributed by atoms with E-state index in [0.717, 1.165) is 24.7 Å². The summed E-state index contributed by atoms with van der Waals surface area (Å²) in [6.45, 7) is 4.47. The van der Waals surface area contributed by atoms with Crippen LogP contribution in [0.15, 0.2) is 46.9 Å². The number of amides is 1. The van der Waals surface area contributed by atoms with Crippen molar-refractivity contribution in [3.05, 3.63) is 54.0 Å².